The highest BCUT2D eigenvalue weighted by molar-refractivity contribution is 7.90. The van der Waals surface area contributed by atoms with Crippen LogP contribution in [0.2, 0.25) is 0 Å². The summed E-state index contributed by atoms with van der Waals surface area (Å²) in [7, 11) is -3.37. The smallest absolute Gasteiger partial charge is 0.256 e. The zero-order chi connectivity index (χ0) is 21.0. The summed E-state index contributed by atoms with van der Waals surface area (Å²) in [4.78, 5) is 2.21. The predicted octanol–water partition coefficient (Wildman–Crippen LogP) is 2.06. The van der Waals surface area contributed by atoms with Gasteiger partial charge in [0.05, 0.1) is 10.9 Å². The second kappa shape index (κ2) is 7.37. The molecule has 162 valence electrons. The van der Waals surface area contributed by atoms with Gasteiger partial charge in [-0.05, 0) is 43.9 Å². The first-order valence-electron chi connectivity index (χ1n) is 10.2. The quantitative estimate of drug-likeness (QED) is 0.786. The van der Waals surface area contributed by atoms with Crippen LogP contribution in [0.1, 0.15) is 48.6 Å². The molecule has 1 aromatic heterocycles. The van der Waals surface area contributed by atoms with Gasteiger partial charge >= 0.3 is 0 Å². The molecule has 3 aliphatic rings. The monoisotopic (exact) mass is 438 g/mol. The molecule has 2 N–H and O–H groups in total. The second-order valence-corrected chi connectivity index (χ2v) is 10.5. The van der Waals surface area contributed by atoms with Gasteiger partial charge in [0.15, 0.2) is 0 Å². The number of halogens is 2. The summed E-state index contributed by atoms with van der Waals surface area (Å²) in [6, 6.07) is 2.92. The van der Waals surface area contributed by atoms with Crippen LogP contribution in [0.4, 0.5) is 8.78 Å². The molecule has 1 saturated heterocycles. The molecule has 3 heterocycles. The van der Waals surface area contributed by atoms with Crippen molar-refractivity contribution in [1.82, 2.24) is 14.1 Å². The van der Waals surface area contributed by atoms with Crippen molar-refractivity contribution < 1.29 is 21.9 Å². The fourth-order valence-electron chi connectivity index (χ4n) is 4.45. The number of rotatable bonds is 4. The van der Waals surface area contributed by atoms with Crippen LogP contribution >= 0.6 is 0 Å². The summed E-state index contributed by atoms with van der Waals surface area (Å²) >= 11 is 0. The average molecular weight is 439 g/mol. The lowest BCUT2D eigenvalue weighted by atomic mass is 9.96. The molecule has 2 aliphatic heterocycles. The Labute approximate surface area is 173 Å². The van der Waals surface area contributed by atoms with Crippen molar-refractivity contribution in [2.45, 2.75) is 62.2 Å². The molecule has 2 fully saturated rings. The number of hydrogen-bond acceptors (Lipinski definition) is 6. The summed E-state index contributed by atoms with van der Waals surface area (Å²) in [6.45, 7) is 1.51. The minimum Gasteiger partial charge on any atom is -0.372 e. The van der Waals surface area contributed by atoms with E-state index in [0.29, 0.717) is 45.4 Å². The van der Waals surface area contributed by atoms with Crippen molar-refractivity contribution in [2.24, 2.45) is 5.73 Å². The average Bonchev–Trinajstić information content (AvgIpc) is 3.41. The van der Waals surface area contributed by atoms with E-state index in [9.17, 15) is 17.2 Å². The van der Waals surface area contributed by atoms with Gasteiger partial charge in [-0.25, -0.2) is 17.2 Å². The van der Waals surface area contributed by atoms with E-state index in [2.05, 4.69) is 10.00 Å². The largest absolute Gasteiger partial charge is 0.372 e. The van der Waals surface area contributed by atoms with E-state index in [1.165, 1.54) is 0 Å². The lowest BCUT2D eigenvalue weighted by Crippen LogP contribution is -2.38. The molecule has 7 nitrogen and oxygen atoms in total. The Morgan fingerprint density at radius 1 is 1.17 bits per heavy atom. The third-order valence-electron chi connectivity index (χ3n) is 6.25. The van der Waals surface area contributed by atoms with Gasteiger partial charge in [0.1, 0.15) is 17.7 Å². The third-order valence-corrected chi connectivity index (χ3v) is 8.27. The van der Waals surface area contributed by atoms with Crippen LogP contribution in [-0.4, -0.2) is 46.4 Å². The molecule has 0 radical (unpaired) electrons. The second-order valence-electron chi connectivity index (χ2n) is 8.42. The van der Waals surface area contributed by atoms with Gasteiger partial charge in [0.25, 0.3) is 10.0 Å². The van der Waals surface area contributed by atoms with Crippen LogP contribution in [0.5, 0.6) is 0 Å². The van der Waals surface area contributed by atoms with E-state index in [-0.39, 0.29) is 16.9 Å². The number of ether oxygens (including phenoxy) is 1. The number of nitrogens with zero attached hydrogens (tertiary/aromatic N) is 3. The first-order chi connectivity index (χ1) is 14.3. The van der Waals surface area contributed by atoms with Crippen LogP contribution in [0.15, 0.2) is 24.4 Å². The zero-order valence-electron chi connectivity index (χ0n) is 16.4. The minimum absolute atomic E-state index is 0.0873. The normalized spacial score (nSPS) is 27.8. The maximum Gasteiger partial charge on any atom is 0.256 e. The zero-order valence-corrected chi connectivity index (χ0v) is 17.2. The molecule has 30 heavy (non-hydrogen) atoms. The van der Waals surface area contributed by atoms with E-state index in [1.54, 1.807) is 6.20 Å². The predicted molar refractivity (Wildman–Crippen MR) is 105 cm³/mol. The topological polar surface area (TPSA) is 90.5 Å². The molecular formula is C20H24F2N4O3S. The van der Waals surface area contributed by atoms with Gasteiger partial charge in [0.2, 0.25) is 0 Å². The Balaban J connectivity index is 1.29. The van der Waals surface area contributed by atoms with E-state index in [4.69, 9.17) is 10.5 Å². The standard InChI is InChI=1S/C20H24F2N4O3S/c21-13-1-4-17(22)16(7-13)20-18(23)8-14(5-6-29-20)25-9-12-10-26(24-19(12)11-25)30(27,28)15-2-3-15/h1,4,7,10,14-15,18,20H,2-3,5-6,8-9,11,23H2/t14?,18-,20+/m0/s1. The summed E-state index contributed by atoms with van der Waals surface area (Å²) in [5.41, 5.74) is 8.17. The Kier molecular flexibility index (Phi) is 4.92. The fourth-order valence-corrected chi connectivity index (χ4v) is 5.98. The Hall–Kier alpha value is -1.88. The van der Waals surface area contributed by atoms with Crippen LogP contribution < -0.4 is 5.73 Å². The molecular weight excluding hydrogens is 414 g/mol. The Bertz CT molecular complexity index is 1050. The Morgan fingerprint density at radius 2 is 1.97 bits per heavy atom. The van der Waals surface area contributed by atoms with Gasteiger partial charge in [0, 0.05) is 49.1 Å². The van der Waals surface area contributed by atoms with Gasteiger partial charge in [-0.1, -0.05) is 0 Å². The SMILES string of the molecule is N[C@H]1CC(N2Cc3cn(S(=O)(=O)C4CC4)nc3C2)CCO[C@@H]1c1cc(F)ccc1F. The first kappa shape index (κ1) is 20.0. The maximum atomic E-state index is 14.2. The molecule has 10 heteroatoms. The number of fused-ring (bicyclic) bond motifs is 1. The first-order valence-corrected chi connectivity index (χ1v) is 11.7. The highest BCUT2D eigenvalue weighted by Crippen LogP contribution is 2.35. The summed E-state index contributed by atoms with van der Waals surface area (Å²) in [5.74, 6) is -1.05. The van der Waals surface area contributed by atoms with Crippen LogP contribution in [-0.2, 0) is 27.8 Å². The van der Waals surface area contributed by atoms with Crippen LogP contribution in [0.25, 0.3) is 0 Å². The van der Waals surface area contributed by atoms with Crippen LogP contribution in [0, 0.1) is 11.6 Å². The fraction of sp³-hybridized carbons (Fsp3) is 0.550. The van der Waals surface area contributed by atoms with Gasteiger partial charge in [-0.3, -0.25) is 4.90 Å². The molecule has 1 saturated carbocycles. The molecule has 2 aromatic rings. The molecule has 5 rings (SSSR count). The number of benzene rings is 1. The number of nitrogens with two attached hydrogens (primary N) is 1. The summed E-state index contributed by atoms with van der Waals surface area (Å²) in [5, 5.41) is 4.03. The van der Waals surface area contributed by atoms with Crippen molar-refractivity contribution in [3.63, 3.8) is 0 Å². The number of aromatic nitrogens is 2. The van der Waals surface area contributed by atoms with Gasteiger partial charge in [-0.2, -0.15) is 9.19 Å². The molecule has 0 amide bonds. The van der Waals surface area contributed by atoms with E-state index in [0.717, 1.165) is 33.5 Å². The van der Waals surface area contributed by atoms with Crippen molar-refractivity contribution >= 4 is 10.0 Å². The molecule has 0 spiro atoms. The summed E-state index contributed by atoms with van der Waals surface area (Å²) < 4.78 is 59.6. The van der Waals surface area contributed by atoms with Gasteiger partial charge < -0.3 is 10.5 Å². The lowest BCUT2D eigenvalue weighted by molar-refractivity contribution is 0.0430. The van der Waals surface area contributed by atoms with E-state index in [1.807, 2.05) is 0 Å². The van der Waals surface area contributed by atoms with Crippen molar-refractivity contribution in [1.29, 1.82) is 0 Å². The van der Waals surface area contributed by atoms with Crippen molar-refractivity contribution in [3.8, 4) is 0 Å². The molecule has 1 unspecified atom stereocenters. The molecule has 0 bridgehead atoms. The molecule has 3 atom stereocenters. The van der Waals surface area contributed by atoms with Crippen molar-refractivity contribution in [3.05, 3.63) is 52.9 Å². The summed E-state index contributed by atoms with van der Waals surface area (Å²) in [6.07, 6.45) is 3.58. The van der Waals surface area contributed by atoms with Crippen LogP contribution in [0.3, 0.4) is 0 Å². The maximum absolute atomic E-state index is 14.2. The lowest BCUT2D eigenvalue weighted by Gasteiger charge is -2.28. The highest BCUT2D eigenvalue weighted by Gasteiger charge is 2.40. The highest BCUT2D eigenvalue weighted by atomic mass is 32.2. The third kappa shape index (κ3) is 3.55. The van der Waals surface area contributed by atoms with E-state index >= 15 is 0 Å². The van der Waals surface area contributed by atoms with E-state index < -0.39 is 33.8 Å². The van der Waals surface area contributed by atoms with Gasteiger partial charge in [-0.15, -0.1) is 0 Å². The molecule has 1 aromatic carbocycles. The Morgan fingerprint density at radius 3 is 2.70 bits per heavy atom. The minimum atomic E-state index is -3.37. The number of hydrogen-bond donors (Lipinski definition) is 1. The molecule has 1 aliphatic carbocycles. The van der Waals surface area contributed by atoms with Crippen molar-refractivity contribution in [2.75, 3.05) is 6.61 Å².